The number of benzene rings is 1. The van der Waals surface area contributed by atoms with Crippen LogP contribution < -0.4 is 15.4 Å². The molecule has 1 aromatic heterocycles. The Morgan fingerprint density at radius 3 is 2.85 bits per heavy atom. The predicted molar refractivity (Wildman–Crippen MR) is 78.6 cm³/mol. The van der Waals surface area contributed by atoms with Crippen molar-refractivity contribution in [1.82, 2.24) is 20.8 Å². The molecule has 3 N–H and O–H groups in total. The molecule has 1 heterocycles. The van der Waals surface area contributed by atoms with E-state index in [4.69, 9.17) is 4.74 Å². The zero-order valence-corrected chi connectivity index (χ0v) is 11.7. The van der Waals surface area contributed by atoms with Gasteiger partial charge in [0.1, 0.15) is 5.75 Å². The number of hydrogen-bond acceptors (Lipinski definition) is 3. The molecule has 0 atom stereocenters. The van der Waals surface area contributed by atoms with Gasteiger partial charge in [-0.1, -0.05) is 12.1 Å². The standard InChI is InChI=1S/C14H19N5O/c1-15-14(17-10-12-6-7-18-19-12)16-9-11-4-3-5-13(8-11)20-2/h3-8H,9-10H2,1-2H3,(H,18,19)(H2,15,16,17). The maximum Gasteiger partial charge on any atom is 0.191 e. The molecule has 1 aromatic carbocycles. The van der Waals surface area contributed by atoms with Crippen LogP contribution in [0.15, 0.2) is 41.5 Å². The first-order valence-electron chi connectivity index (χ1n) is 6.37. The number of ether oxygens (including phenoxy) is 1. The average molecular weight is 273 g/mol. The van der Waals surface area contributed by atoms with Gasteiger partial charge < -0.3 is 15.4 Å². The Balaban J connectivity index is 1.84. The minimum atomic E-state index is 0.651. The molecule has 0 bridgehead atoms. The normalized spacial score (nSPS) is 11.2. The van der Waals surface area contributed by atoms with Gasteiger partial charge in [0, 0.05) is 19.8 Å². The van der Waals surface area contributed by atoms with Crippen LogP contribution in [0, 0.1) is 0 Å². The maximum absolute atomic E-state index is 5.20. The lowest BCUT2D eigenvalue weighted by molar-refractivity contribution is 0.414. The van der Waals surface area contributed by atoms with Gasteiger partial charge in [0.05, 0.1) is 19.3 Å². The summed E-state index contributed by atoms with van der Waals surface area (Å²) < 4.78 is 5.20. The van der Waals surface area contributed by atoms with Gasteiger partial charge in [0.2, 0.25) is 0 Å². The van der Waals surface area contributed by atoms with Crippen LogP contribution in [0.5, 0.6) is 5.75 Å². The summed E-state index contributed by atoms with van der Waals surface area (Å²) >= 11 is 0. The molecule has 0 saturated carbocycles. The summed E-state index contributed by atoms with van der Waals surface area (Å²) in [5.41, 5.74) is 2.14. The smallest absolute Gasteiger partial charge is 0.191 e. The second kappa shape index (κ2) is 7.18. The van der Waals surface area contributed by atoms with Gasteiger partial charge >= 0.3 is 0 Å². The maximum atomic E-state index is 5.20. The number of H-pyrrole nitrogens is 1. The summed E-state index contributed by atoms with van der Waals surface area (Å²) in [5, 5.41) is 13.2. The van der Waals surface area contributed by atoms with Crippen LogP contribution in [0.1, 0.15) is 11.3 Å². The summed E-state index contributed by atoms with van der Waals surface area (Å²) in [6.07, 6.45) is 1.73. The molecule has 2 rings (SSSR count). The van der Waals surface area contributed by atoms with Gasteiger partial charge in [0.25, 0.3) is 0 Å². The first-order valence-corrected chi connectivity index (χ1v) is 6.37. The first kappa shape index (κ1) is 13.9. The molecule has 6 heteroatoms. The molecule has 0 saturated heterocycles. The lowest BCUT2D eigenvalue weighted by atomic mass is 10.2. The summed E-state index contributed by atoms with van der Waals surface area (Å²) in [6, 6.07) is 9.85. The fourth-order valence-electron chi connectivity index (χ4n) is 1.75. The van der Waals surface area contributed by atoms with Gasteiger partial charge in [-0.15, -0.1) is 0 Å². The number of aliphatic imine (C=N–C) groups is 1. The number of nitrogens with zero attached hydrogens (tertiary/aromatic N) is 2. The summed E-state index contributed by atoms with van der Waals surface area (Å²) in [6.45, 7) is 1.33. The van der Waals surface area contributed by atoms with Crippen molar-refractivity contribution in [1.29, 1.82) is 0 Å². The molecule has 0 radical (unpaired) electrons. The zero-order chi connectivity index (χ0) is 14.2. The van der Waals surface area contributed by atoms with E-state index in [2.05, 4.69) is 25.8 Å². The third-order valence-electron chi connectivity index (χ3n) is 2.82. The lowest BCUT2D eigenvalue weighted by Crippen LogP contribution is -2.36. The van der Waals surface area contributed by atoms with Crippen LogP contribution in [0.2, 0.25) is 0 Å². The van der Waals surface area contributed by atoms with Gasteiger partial charge in [-0.25, -0.2) is 0 Å². The molecule has 106 valence electrons. The predicted octanol–water partition coefficient (Wildman–Crippen LogP) is 1.28. The van der Waals surface area contributed by atoms with Crippen molar-refractivity contribution in [2.24, 2.45) is 4.99 Å². The van der Waals surface area contributed by atoms with E-state index < -0.39 is 0 Å². The van der Waals surface area contributed by atoms with Crippen LogP contribution in [0.3, 0.4) is 0 Å². The number of methoxy groups -OCH3 is 1. The molecule has 20 heavy (non-hydrogen) atoms. The van der Waals surface area contributed by atoms with E-state index in [1.165, 1.54) is 0 Å². The highest BCUT2D eigenvalue weighted by Crippen LogP contribution is 2.11. The van der Waals surface area contributed by atoms with Crippen LogP contribution in [0.25, 0.3) is 0 Å². The van der Waals surface area contributed by atoms with Crippen LogP contribution in [0.4, 0.5) is 0 Å². The van der Waals surface area contributed by atoms with Crippen LogP contribution in [-0.4, -0.2) is 30.3 Å². The van der Waals surface area contributed by atoms with E-state index >= 15 is 0 Å². The molecule has 0 fully saturated rings. The zero-order valence-electron chi connectivity index (χ0n) is 11.7. The van der Waals surface area contributed by atoms with Crippen LogP contribution >= 0.6 is 0 Å². The fraction of sp³-hybridized carbons (Fsp3) is 0.286. The number of rotatable bonds is 5. The van der Waals surface area contributed by atoms with Crippen LogP contribution in [-0.2, 0) is 13.1 Å². The highest BCUT2D eigenvalue weighted by Gasteiger charge is 2.00. The monoisotopic (exact) mass is 273 g/mol. The Kier molecular flexibility index (Phi) is 5.00. The Morgan fingerprint density at radius 1 is 1.30 bits per heavy atom. The van der Waals surface area contributed by atoms with Gasteiger partial charge in [0.15, 0.2) is 5.96 Å². The molecule has 0 aliphatic heterocycles. The van der Waals surface area contributed by atoms with E-state index in [1.807, 2.05) is 30.3 Å². The molecular weight excluding hydrogens is 254 g/mol. The quantitative estimate of drug-likeness (QED) is 0.567. The Hall–Kier alpha value is -2.50. The molecule has 6 nitrogen and oxygen atoms in total. The second-order valence-electron chi connectivity index (χ2n) is 4.21. The Labute approximate surface area is 118 Å². The Morgan fingerprint density at radius 2 is 2.15 bits per heavy atom. The molecule has 0 amide bonds. The van der Waals surface area contributed by atoms with Gasteiger partial charge in [-0.3, -0.25) is 10.1 Å². The van der Waals surface area contributed by atoms with Crippen molar-refractivity contribution in [2.75, 3.05) is 14.2 Å². The largest absolute Gasteiger partial charge is 0.497 e. The number of guanidine groups is 1. The van der Waals surface area contributed by atoms with E-state index in [0.717, 1.165) is 23.0 Å². The minimum Gasteiger partial charge on any atom is -0.497 e. The third kappa shape index (κ3) is 4.01. The summed E-state index contributed by atoms with van der Waals surface area (Å²) in [7, 11) is 3.41. The lowest BCUT2D eigenvalue weighted by Gasteiger charge is -2.11. The molecule has 0 unspecified atom stereocenters. The number of aromatic nitrogens is 2. The first-order chi connectivity index (χ1) is 9.81. The highest BCUT2D eigenvalue weighted by atomic mass is 16.5. The molecule has 0 aliphatic carbocycles. The van der Waals surface area contributed by atoms with Crippen molar-refractivity contribution in [3.05, 3.63) is 47.8 Å². The number of nitrogens with one attached hydrogen (secondary N) is 3. The van der Waals surface area contributed by atoms with Crippen molar-refractivity contribution in [3.63, 3.8) is 0 Å². The number of hydrogen-bond donors (Lipinski definition) is 3. The molecule has 0 spiro atoms. The van der Waals surface area contributed by atoms with Crippen molar-refractivity contribution < 1.29 is 4.74 Å². The highest BCUT2D eigenvalue weighted by molar-refractivity contribution is 5.79. The summed E-state index contributed by atoms with van der Waals surface area (Å²) in [5.74, 6) is 1.59. The van der Waals surface area contributed by atoms with E-state index in [9.17, 15) is 0 Å². The van der Waals surface area contributed by atoms with Crippen molar-refractivity contribution in [2.45, 2.75) is 13.1 Å². The SMILES string of the molecule is CN=C(NCc1cccc(OC)c1)NCc1ccn[nH]1. The number of aromatic amines is 1. The fourth-order valence-corrected chi connectivity index (χ4v) is 1.75. The van der Waals surface area contributed by atoms with E-state index in [-0.39, 0.29) is 0 Å². The van der Waals surface area contributed by atoms with Crippen molar-refractivity contribution in [3.8, 4) is 5.75 Å². The second-order valence-corrected chi connectivity index (χ2v) is 4.21. The topological polar surface area (TPSA) is 74.3 Å². The van der Waals surface area contributed by atoms with Crippen molar-refractivity contribution >= 4 is 5.96 Å². The van der Waals surface area contributed by atoms with E-state index in [0.29, 0.717) is 13.1 Å². The van der Waals surface area contributed by atoms with E-state index in [1.54, 1.807) is 20.4 Å². The van der Waals surface area contributed by atoms with Gasteiger partial charge in [-0.05, 0) is 23.8 Å². The molecular formula is C14H19N5O. The average Bonchev–Trinajstić information content (AvgIpc) is 3.01. The molecule has 2 aromatic rings. The van der Waals surface area contributed by atoms with Gasteiger partial charge in [-0.2, -0.15) is 5.10 Å². The third-order valence-corrected chi connectivity index (χ3v) is 2.82. The summed E-state index contributed by atoms with van der Waals surface area (Å²) in [4.78, 5) is 4.17. The minimum absolute atomic E-state index is 0.651. The Bertz CT molecular complexity index is 550. The molecule has 0 aliphatic rings.